The summed E-state index contributed by atoms with van der Waals surface area (Å²) in [6, 6.07) is 7.97. The van der Waals surface area contributed by atoms with E-state index >= 15 is 0 Å². The molecule has 1 saturated carbocycles. The summed E-state index contributed by atoms with van der Waals surface area (Å²) in [6.45, 7) is 5.31. The molecule has 2 rings (SSSR count). The third-order valence-corrected chi connectivity index (χ3v) is 4.61. The molecule has 112 valence electrons. The summed E-state index contributed by atoms with van der Waals surface area (Å²) < 4.78 is 0. The first-order chi connectivity index (χ1) is 9.53. The summed E-state index contributed by atoms with van der Waals surface area (Å²) in [6.07, 6.45) is 6.25. The van der Waals surface area contributed by atoms with Gasteiger partial charge in [0.2, 0.25) is 0 Å². The Morgan fingerprint density at radius 1 is 1.45 bits per heavy atom. The zero-order valence-electron chi connectivity index (χ0n) is 12.7. The smallest absolute Gasteiger partial charge is 0.0498 e. The van der Waals surface area contributed by atoms with E-state index in [0.29, 0.717) is 6.54 Å². The highest BCUT2D eigenvalue weighted by atomic mass is 35.5. The summed E-state index contributed by atoms with van der Waals surface area (Å²) in [5, 5.41) is 4.45. The van der Waals surface area contributed by atoms with Gasteiger partial charge in [-0.25, -0.2) is 0 Å². The van der Waals surface area contributed by atoms with Gasteiger partial charge in [-0.05, 0) is 49.3 Å². The van der Waals surface area contributed by atoms with Crippen LogP contribution in [-0.2, 0) is 0 Å². The van der Waals surface area contributed by atoms with Crippen LogP contribution in [0.3, 0.4) is 0 Å². The quantitative estimate of drug-likeness (QED) is 0.827. The molecule has 0 amide bonds. The Balaban J connectivity index is 2.08. The summed E-state index contributed by atoms with van der Waals surface area (Å²) in [4.78, 5) is 0. The number of benzene rings is 1. The van der Waals surface area contributed by atoms with E-state index in [-0.39, 0.29) is 5.54 Å². The van der Waals surface area contributed by atoms with E-state index in [9.17, 15) is 0 Å². The topological polar surface area (TPSA) is 38.0 Å². The molecule has 2 unspecified atom stereocenters. The number of rotatable bonds is 5. The van der Waals surface area contributed by atoms with Crippen LogP contribution in [0.1, 0.15) is 46.0 Å². The second-order valence-electron chi connectivity index (χ2n) is 6.71. The Labute approximate surface area is 128 Å². The van der Waals surface area contributed by atoms with Gasteiger partial charge in [0.25, 0.3) is 0 Å². The van der Waals surface area contributed by atoms with E-state index in [1.165, 1.54) is 25.7 Å². The molecule has 0 saturated heterocycles. The number of hydrogen-bond donors (Lipinski definition) is 2. The van der Waals surface area contributed by atoms with E-state index in [1.54, 1.807) is 0 Å². The predicted octanol–water partition coefficient (Wildman–Crippen LogP) is 4.69. The van der Waals surface area contributed by atoms with E-state index in [0.717, 1.165) is 29.0 Å². The Morgan fingerprint density at radius 3 is 2.90 bits per heavy atom. The van der Waals surface area contributed by atoms with Crippen molar-refractivity contribution in [1.82, 2.24) is 0 Å². The molecule has 1 aromatic rings. The lowest BCUT2D eigenvalue weighted by atomic mass is 9.73. The molecule has 0 radical (unpaired) electrons. The Bertz CT molecular complexity index is 433. The summed E-state index contributed by atoms with van der Waals surface area (Å²) in [5.41, 5.74) is 7.26. The summed E-state index contributed by atoms with van der Waals surface area (Å²) in [7, 11) is 0. The van der Waals surface area contributed by atoms with Gasteiger partial charge < -0.3 is 11.1 Å². The molecule has 0 spiro atoms. The molecule has 20 heavy (non-hydrogen) atoms. The van der Waals surface area contributed by atoms with Crippen LogP contribution in [0.15, 0.2) is 24.3 Å². The minimum absolute atomic E-state index is 0.0441. The lowest BCUT2D eigenvalue weighted by Gasteiger charge is -2.42. The molecular formula is C17H27ClN2. The van der Waals surface area contributed by atoms with E-state index in [2.05, 4.69) is 25.2 Å². The van der Waals surface area contributed by atoms with E-state index in [1.807, 2.05) is 18.2 Å². The SMILES string of the molecule is CC(C)CC1CCCC(CN)(Nc2cccc(Cl)c2)C1. The van der Waals surface area contributed by atoms with Crippen molar-refractivity contribution in [2.45, 2.75) is 51.5 Å². The first-order valence-corrected chi connectivity index (χ1v) is 8.14. The highest BCUT2D eigenvalue weighted by Crippen LogP contribution is 2.37. The highest BCUT2D eigenvalue weighted by Gasteiger charge is 2.35. The fourth-order valence-corrected chi connectivity index (χ4v) is 3.77. The second kappa shape index (κ2) is 6.82. The minimum Gasteiger partial charge on any atom is -0.378 e. The molecule has 1 aromatic carbocycles. The van der Waals surface area contributed by atoms with Crippen molar-refractivity contribution in [3.05, 3.63) is 29.3 Å². The first-order valence-electron chi connectivity index (χ1n) is 7.77. The van der Waals surface area contributed by atoms with Gasteiger partial charge in [-0.3, -0.25) is 0 Å². The largest absolute Gasteiger partial charge is 0.378 e. The number of nitrogens with one attached hydrogen (secondary N) is 1. The lowest BCUT2D eigenvalue weighted by molar-refractivity contribution is 0.223. The van der Waals surface area contributed by atoms with Crippen LogP contribution >= 0.6 is 11.6 Å². The van der Waals surface area contributed by atoms with Gasteiger partial charge in [-0.2, -0.15) is 0 Å². The molecule has 0 aromatic heterocycles. The van der Waals surface area contributed by atoms with Crippen LogP contribution in [0, 0.1) is 11.8 Å². The van der Waals surface area contributed by atoms with Crippen LogP contribution < -0.4 is 11.1 Å². The first kappa shape index (κ1) is 15.7. The standard InChI is InChI=1S/C17H27ClN2/c1-13(2)9-14-5-4-8-17(11-14,12-19)20-16-7-3-6-15(18)10-16/h3,6-7,10,13-14,20H,4-5,8-9,11-12,19H2,1-2H3. The normalized spacial score (nSPS) is 26.8. The maximum atomic E-state index is 6.12. The van der Waals surface area contributed by atoms with Gasteiger partial charge in [0.05, 0.1) is 0 Å². The van der Waals surface area contributed by atoms with Crippen molar-refractivity contribution in [3.63, 3.8) is 0 Å². The maximum Gasteiger partial charge on any atom is 0.0498 e. The monoisotopic (exact) mass is 294 g/mol. The number of hydrogen-bond acceptors (Lipinski definition) is 2. The molecular weight excluding hydrogens is 268 g/mol. The van der Waals surface area contributed by atoms with Gasteiger partial charge in [-0.15, -0.1) is 0 Å². The Hall–Kier alpha value is -0.730. The van der Waals surface area contributed by atoms with Crippen molar-refractivity contribution in [1.29, 1.82) is 0 Å². The molecule has 3 heteroatoms. The van der Waals surface area contributed by atoms with Crippen LogP contribution in [0.5, 0.6) is 0 Å². The van der Waals surface area contributed by atoms with Crippen LogP contribution in [0.4, 0.5) is 5.69 Å². The summed E-state index contributed by atoms with van der Waals surface area (Å²) >= 11 is 6.08. The third-order valence-electron chi connectivity index (χ3n) is 4.38. The Kier molecular flexibility index (Phi) is 5.34. The molecule has 0 heterocycles. The van der Waals surface area contributed by atoms with Gasteiger partial charge in [0.15, 0.2) is 0 Å². The van der Waals surface area contributed by atoms with Crippen molar-refractivity contribution < 1.29 is 0 Å². The molecule has 1 fully saturated rings. The predicted molar refractivity (Wildman–Crippen MR) is 88.3 cm³/mol. The molecule has 1 aliphatic rings. The van der Waals surface area contributed by atoms with Crippen LogP contribution in [0.2, 0.25) is 5.02 Å². The van der Waals surface area contributed by atoms with Crippen molar-refractivity contribution in [2.24, 2.45) is 17.6 Å². The second-order valence-corrected chi connectivity index (χ2v) is 7.15. The van der Waals surface area contributed by atoms with E-state index in [4.69, 9.17) is 17.3 Å². The van der Waals surface area contributed by atoms with Gasteiger partial charge in [-0.1, -0.05) is 44.4 Å². The van der Waals surface area contributed by atoms with Crippen molar-refractivity contribution >= 4 is 17.3 Å². The van der Waals surface area contributed by atoms with E-state index < -0.39 is 0 Å². The van der Waals surface area contributed by atoms with Crippen LogP contribution in [0.25, 0.3) is 0 Å². The zero-order valence-corrected chi connectivity index (χ0v) is 13.4. The average molecular weight is 295 g/mol. The van der Waals surface area contributed by atoms with Gasteiger partial charge in [0, 0.05) is 22.8 Å². The maximum absolute atomic E-state index is 6.12. The Morgan fingerprint density at radius 2 is 2.25 bits per heavy atom. The third kappa shape index (κ3) is 4.13. The number of nitrogens with two attached hydrogens (primary N) is 1. The lowest BCUT2D eigenvalue weighted by Crippen LogP contribution is -2.49. The molecule has 1 aliphatic carbocycles. The molecule has 0 bridgehead atoms. The fraction of sp³-hybridized carbons (Fsp3) is 0.647. The van der Waals surface area contributed by atoms with Crippen molar-refractivity contribution in [3.8, 4) is 0 Å². The van der Waals surface area contributed by atoms with Gasteiger partial charge >= 0.3 is 0 Å². The van der Waals surface area contributed by atoms with Crippen molar-refractivity contribution in [2.75, 3.05) is 11.9 Å². The van der Waals surface area contributed by atoms with Gasteiger partial charge in [0.1, 0.15) is 0 Å². The zero-order chi connectivity index (χ0) is 14.6. The fourth-order valence-electron chi connectivity index (χ4n) is 3.58. The minimum atomic E-state index is 0.0441. The highest BCUT2D eigenvalue weighted by molar-refractivity contribution is 6.30. The average Bonchev–Trinajstić information content (AvgIpc) is 2.38. The number of halogens is 1. The molecule has 3 N–H and O–H groups in total. The van der Waals surface area contributed by atoms with Crippen LogP contribution in [-0.4, -0.2) is 12.1 Å². The molecule has 0 aliphatic heterocycles. The molecule has 2 atom stereocenters. The number of anilines is 1. The molecule has 2 nitrogen and oxygen atoms in total. The summed E-state index contributed by atoms with van der Waals surface area (Å²) in [5.74, 6) is 1.55.